The lowest BCUT2D eigenvalue weighted by Gasteiger charge is -2.04. The Balaban J connectivity index is 2.13. The first kappa shape index (κ1) is 10.3. The number of aromatic nitrogens is 3. The SMILES string of the molecule is CNCc1cncn1Cc1nc(C)cs1. The molecule has 15 heavy (non-hydrogen) atoms. The lowest BCUT2D eigenvalue weighted by molar-refractivity contribution is 0.689. The fraction of sp³-hybridized carbons (Fsp3) is 0.400. The quantitative estimate of drug-likeness (QED) is 0.850. The summed E-state index contributed by atoms with van der Waals surface area (Å²) >= 11 is 1.69. The maximum atomic E-state index is 4.44. The van der Waals surface area contributed by atoms with Crippen LogP contribution < -0.4 is 5.32 Å². The van der Waals surface area contributed by atoms with Gasteiger partial charge in [-0.25, -0.2) is 9.97 Å². The van der Waals surface area contributed by atoms with E-state index < -0.39 is 0 Å². The summed E-state index contributed by atoms with van der Waals surface area (Å²) in [4.78, 5) is 8.58. The molecule has 0 fully saturated rings. The van der Waals surface area contributed by atoms with E-state index in [2.05, 4.69) is 25.2 Å². The minimum absolute atomic E-state index is 0.815. The molecule has 0 saturated carbocycles. The second-order valence-electron chi connectivity index (χ2n) is 3.43. The largest absolute Gasteiger partial charge is 0.326 e. The van der Waals surface area contributed by atoms with E-state index in [0.29, 0.717) is 0 Å². The zero-order chi connectivity index (χ0) is 10.7. The molecule has 2 rings (SSSR count). The van der Waals surface area contributed by atoms with Gasteiger partial charge in [-0.2, -0.15) is 0 Å². The molecule has 4 nitrogen and oxygen atoms in total. The third kappa shape index (κ3) is 2.43. The van der Waals surface area contributed by atoms with Crippen LogP contribution in [0.15, 0.2) is 17.9 Å². The second-order valence-corrected chi connectivity index (χ2v) is 4.37. The smallest absolute Gasteiger partial charge is 0.113 e. The lowest BCUT2D eigenvalue weighted by atomic mass is 10.4. The van der Waals surface area contributed by atoms with E-state index in [1.165, 1.54) is 5.69 Å². The van der Waals surface area contributed by atoms with Gasteiger partial charge in [0, 0.05) is 23.8 Å². The van der Waals surface area contributed by atoms with Gasteiger partial charge in [0.05, 0.1) is 18.6 Å². The topological polar surface area (TPSA) is 42.7 Å². The summed E-state index contributed by atoms with van der Waals surface area (Å²) in [6, 6.07) is 0. The zero-order valence-electron chi connectivity index (χ0n) is 8.90. The van der Waals surface area contributed by atoms with Gasteiger partial charge in [-0.15, -0.1) is 11.3 Å². The Kier molecular flexibility index (Phi) is 3.13. The number of hydrogen-bond donors (Lipinski definition) is 1. The molecule has 5 heteroatoms. The fourth-order valence-electron chi connectivity index (χ4n) is 1.44. The van der Waals surface area contributed by atoms with Crippen LogP contribution in [0, 0.1) is 6.92 Å². The molecule has 0 aliphatic rings. The van der Waals surface area contributed by atoms with Gasteiger partial charge in [-0.3, -0.25) is 0 Å². The fourth-order valence-corrected chi connectivity index (χ4v) is 2.21. The van der Waals surface area contributed by atoms with Gasteiger partial charge in [0.15, 0.2) is 0 Å². The van der Waals surface area contributed by atoms with Crippen molar-refractivity contribution in [3.8, 4) is 0 Å². The molecule has 0 unspecified atom stereocenters. The van der Waals surface area contributed by atoms with Crippen molar-refractivity contribution in [3.63, 3.8) is 0 Å². The van der Waals surface area contributed by atoms with Crippen molar-refractivity contribution in [2.75, 3.05) is 7.05 Å². The van der Waals surface area contributed by atoms with Gasteiger partial charge in [0.1, 0.15) is 5.01 Å². The third-order valence-electron chi connectivity index (χ3n) is 2.13. The molecule has 0 aromatic carbocycles. The molecule has 0 atom stereocenters. The lowest BCUT2D eigenvalue weighted by Crippen LogP contribution is -2.11. The third-order valence-corrected chi connectivity index (χ3v) is 3.08. The maximum Gasteiger partial charge on any atom is 0.113 e. The molecule has 1 N–H and O–H groups in total. The van der Waals surface area contributed by atoms with Crippen molar-refractivity contribution in [1.29, 1.82) is 0 Å². The van der Waals surface area contributed by atoms with Crippen LogP contribution in [0.2, 0.25) is 0 Å². The Morgan fingerprint density at radius 2 is 2.40 bits per heavy atom. The Morgan fingerprint density at radius 1 is 1.53 bits per heavy atom. The van der Waals surface area contributed by atoms with Crippen molar-refractivity contribution in [3.05, 3.63) is 34.3 Å². The second kappa shape index (κ2) is 4.55. The normalized spacial score (nSPS) is 10.8. The Hall–Kier alpha value is -1.20. The van der Waals surface area contributed by atoms with Crippen molar-refractivity contribution in [2.45, 2.75) is 20.0 Å². The van der Waals surface area contributed by atoms with Gasteiger partial charge in [-0.1, -0.05) is 0 Å². The monoisotopic (exact) mass is 222 g/mol. The molecule has 0 radical (unpaired) electrons. The van der Waals surface area contributed by atoms with Gasteiger partial charge in [0.2, 0.25) is 0 Å². The average molecular weight is 222 g/mol. The predicted molar refractivity (Wildman–Crippen MR) is 60.9 cm³/mol. The van der Waals surface area contributed by atoms with Crippen molar-refractivity contribution in [2.24, 2.45) is 0 Å². The van der Waals surface area contributed by atoms with Gasteiger partial charge in [-0.05, 0) is 14.0 Å². The van der Waals surface area contributed by atoms with Crippen molar-refractivity contribution < 1.29 is 0 Å². The highest BCUT2D eigenvalue weighted by atomic mass is 32.1. The van der Waals surface area contributed by atoms with Gasteiger partial charge >= 0.3 is 0 Å². The first-order valence-electron chi connectivity index (χ1n) is 4.84. The highest BCUT2D eigenvalue weighted by molar-refractivity contribution is 7.09. The molecule has 0 aliphatic heterocycles. The van der Waals surface area contributed by atoms with E-state index in [-0.39, 0.29) is 0 Å². The highest BCUT2D eigenvalue weighted by Crippen LogP contribution is 2.11. The van der Waals surface area contributed by atoms with Crippen molar-refractivity contribution in [1.82, 2.24) is 19.9 Å². The summed E-state index contributed by atoms with van der Waals surface area (Å²) in [5, 5.41) is 6.32. The molecular weight excluding hydrogens is 208 g/mol. The Labute approximate surface area is 93.0 Å². The van der Waals surface area contributed by atoms with Crippen LogP contribution in [0.5, 0.6) is 0 Å². The summed E-state index contributed by atoms with van der Waals surface area (Å²) < 4.78 is 2.12. The summed E-state index contributed by atoms with van der Waals surface area (Å²) in [6.45, 7) is 3.67. The van der Waals surface area contributed by atoms with E-state index in [1.807, 2.05) is 26.5 Å². The van der Waals surface area contributed by atoms with Crippen molar-refractivity contribution >= 4 is 11.3 Å². The number of nitrogens with zero attached hydrogens (tertiary/aromatic N) is 3. The molecule has 80 valence electrons. The maximum absolute atomic E-state index is 4.44. The highest BCUT2D eigenvalue weighted by Gasteiger charge is 2.04. The van der Waals surface area contributed by atoms with Crippen LogP contribution in [0.3, 0.4) is 0 Å². The van der Waals surface area contributed by atoms with Gasteiger partial charge < -0.3 is 9.88 Å². The summed E-state index contributed by atoms with van der Waals surface area (Å²) in [6.07, 6.45) is 3.74. The number of nitrogens with one attached hydrogen (secondary N) is 1. The minimum atomic E-state index is 0.815. The predicted octanol–water partition coefficient (Wildman–Crippen LogP) is 1.42. The molecule has 2 aromatic rings. The number of rotatable bonds is 4. The van der Waals surface area contributed by atoms with Crippen LogP contribution in [-0.2, 0) is 13.1 Å². The van der Waals surface area contributed by atoms with Crippen LogP contribution >= 0.6 is 11.3 Å². The van der Waals surface area contributed by atoms with Crippen LogP contribution in [0.25, 0.3) is 0 Å². The molecule has 2 heterocycles. The molecule has 0 aliphatic carbocycles. The number of imidazole rings is 1. The van der Waals surface area contributed by atoms with E-state index in [9.17, 15) is 0 Å². The first-order valence-corrected chi connectivity index (χ1v) is 5.72. The van der Waals surface area contributed by atoms with Crippen LogP contribution in [0.1, 0.15) is 16.4 Å². The molecule has 0 amide bonds. The molecule has 0 bridgehead atoms. The Morgan fingerprint density at radius 3 is 3.07 bits per heavy atom. The Bertz CT molecular complexity index is 432. The van der Waals surface area contributed by atoms with E-state index in [4.69, 9.17) is 0 Å². The molecule has 0 spiro atoms. The number of hydrogen-bond acceptors (Lipinski definition) is 4. The van der Waals surface area contributed by atoms with E-state index >= 15 is 0 Å². The standard InChI is InChI=1S/C10H14N4S/c1-8-6-15-10(13-8)5-14-7-12-4-9(14)3-11-2/h4,6-7,11H,3,5H2,1-2H3. The molecular formula is C10H14N4S. The number of aryl methyl sites for hydroxylation is 1. The summed E-state index contributed by atoms with van der Waals surface area (Å²) in [7, 11) is 1.94. The first-order chi connectivity index (χ1) is 7.29. The van der Waals surface area contributed by atoms with Crippen LogP contribution in [0.4, 0.5) is 0 Å². The molecule has 2 aromatic heterocycles. The van der Waals surface area contributed by atoms with Crippen LogP contribution in [-0.4, -0.2) is 21.6 Å². The average Bonchev–Trinajstić information content (AvgIpc) is 2.78. The summed E-state index contributed by atoms with van der Waals surface area (Å²) in [5.41, 5.74) is 2.27. The van der Waals surface area contributed by atoms with E-state index in [1.54, 1.807) is 11.3 Å². The van der Waals surface area contributed by atoms with E-state index in [0.717, 1.165) is 23.8 Å². The number of thiazole rings is 1. The van der Waals surface area contributed by atoms with Gasteiger partial charge in [0.25, 0.3) is 0 Å². The minimum Gasteiger partial charge on any atom is -0.326 e. The zero-order valence-corrected chi connectivity index (χ0v) is 9.71. The molecule has 0 saturated heterocycles. The summed E-state index contributed by atoms with van der Waals surface area (Å²) in [5.74, 6) is 0.